The van der Waals surface area contributed by atoms with Crippen molar-refractivity contribution >= 4 is 28.1 Å². The molecule has 0 radical (unpaired) electrons. The summed E-state index contributed by atoms with van der Waals surface area (Å²) in [5.74, 6) is 0. The summed E-state index contributed by atoms with van der Waals surface area (Å²) in [6.07, 6.45) is 0. The van der Waals surface area contributed by atoms with Crippen LogP contribution in [0.2, 0.25) is 13.1 Å². The largest absolute Gasteiger partial charge is 0.342 e. The van der Waals surface area contributed by atoms with Gasteiger partial charge in [0.1, 0.15) is 0 Å². The highest BCUT2D eigenvalue weighted by atomic mass is 28.4. The van der Waals surface area contributed by atoms with Crippen molar-refractivity contribution < 1.29 is 0 Å². The molecular formula is C8H28N4Si3. The molecule has 0 N–H and O–H groups in total. The molecule has 0 bridgehead atoms. The minimum atomic E-state index is -1.33. The smallest absolute Gasteiger partial charge is 0.187 e. The Morgan fingerprint density at radius 1 is 0.733 bits per heavy atom. The summed E-state index contributed by atoms with van der Waals surface area (Å²) in [5.41, 5.74) is 0. The van der Waals surface area contributed by atoms with E-state index in [4.69, 9.17) is 0 Å². The van der Waals surface area contributed by atoms with E-state index >= 15 is 0 Å². The van der Waals surface area contributed by atoms with Crippen molar-refractivity contribution in [3.05, 3.63) is 0 Å². The standard InChI is InChI=1S/C8H28N4Si3/c1-9(2)13-12(14-10(3)4)15(7,8)11(5)6/h13-14H2,1-8H3. The molecule has 0 aromatic rings. The van der Waals surface area contributed by atoms with Crippen LogP contribution in [0.25, 0.3) is 0 Å². The van der Waals surface area contributed by atoms with E-state index in [1.165, 1.54) is 0 Å². The molecular weight excluding hydrogens is 236 g/mol. The predicted octanol–water partition coefficient (Wildman–Crippen LogP) is -1.33. The minimum Gasteiger partial charge on any atom is -0.342 e. The van der Waals surface area contributed by atoms with Gasteiger partial charge in [-0.3, -0.25) is 0 Å². The molecule has 92 valence electrons. The van der Waals surface area contributed by atoms with E-state index in [1.807, 2.05) is 0 Å². The normalized spacial score (nSPS) is 15.2. The van der Waals surface area contributed by atoms with E-state index in [-0.39, 0.29) is 19.7 Å². The molecule has 0 saturated heterocycles. The van der Waals surface area contributed by atoms with Crippen LogP contribution in [0.3, 0.4) is 0 Å². The molecule has 0 fully saturated rings. The van der Waals surface area contributed by atoms with Gasteiger partial charge in [0.15, 0.2) is 28.1 Å². The van der Waals surface area contributed by atoms with Crippen LogP contribution in [0.4, 0.5) is 0 Å². The highest BCUT2D eigenvalue weighted by molar-refractivity contribution is 6.84. The first kappa shape index (κ1) is 15.5. The van der Waals surface area contributed by atoms with Crippen molar-refractivity contribution in [2.45, 2.75) is 13.1 Å². The maximum absolute atomic E-state index is 2.85. The number of nitrogens with zero attached hydrogens (tertiary/aromatic N) is 4. The predicted molar refractivity (Wildman–Crippen MR) is 77.5 cm³/mol. The van der Waals surface area contributed by atoms with E-state index in [2.05, 4.69) is 73.0 Å². The summed E-state index contributed by atoms with van der Waals surface area (Å²) in [6.45, 7) is 4.92. The average Bonchev–Trinajstić information content (AvgIpc) is 2.00. The number of rotatable bonds is 6. The fraction of sp³-hybridized carbons (Fsp3) is 1.00. The molecule has 0 unspecified atom stereocenters. The lowest BCUT2D eigenvalue weighted by Crippen LogP contribution is -2.65. The molecule has 0 aromatic carbocycles. The Kier molecular flexibility index (Phi) is 6.49. The number of hydrogen-bond donors (Lipinski definition) is 0. The molecule has 0 rings (SSSR count). The molecule has 7 heteroatoms. The minimum absolute atomic E-state index is 0.223. The van der Waals surface area contributed by atoms with Gasteiger partial charge in [-0.25, -0.2) is 0 Å². The molecule has 0 aliphatic carbocycles. The summed E-state index contributed by atoms with van der Waals surface area (Å²) in [7, 11) is 11.5. The van der Waals surface area contributed by atoms with Crippen LogP contribution in [-0.4, -0.2) is 88.0 Å². The molecule has 0 amide bonds. The Labute approximate surface area is 101 Å². The van der Waals surface area contributed by atoms with Crippen molar-refractivity contribution in [3.8, 4) is 0 Å². The Hall–Kier alpha value is 0.491. The van der Waals surface area contributed by atoms with Crippen LogP contribution in [-0.2, 0) is 0 Å². The average molecular weight is 265 g/mol. The topological polar surface area (TPSA) is 13.0 Å². The lowest BCUT2D eigenvalue weighted by molar-refractivity contribution is 0.539. The van der Waals surface area contributed by atoms with Gasteiger partial charge in [-0.05, 0) is 55.4 Å². The van der Waals surface area contributed by atoms with E-state index in [1.54, 1.807) is 0 Å². The maximum atomic E-state index is 2.85. The third-order valence-electron chi connectivity index (χ3n) is 2.78. The second-order valence-corrected chi connectivity index (χ2v) is 16.7. The SMILES string of the molecule is CN(C)[SiH2]N([SiH2]N(C)C)[Si](C)(C)N(C)C. The summed E-state index contributed by atoms with van der Waals surface area (Å²) in [4.78, 5) is 0. The number of hydrogen-bond acceptors (Lipinski definition) is 4. The van der Waals surface area contributed by atoms with Gasteiger partial charge < -0.3 is 17.6 Å². The van der Waals surface area contributed by atoms with Gasteiger partial charge in [-0.1, -0.05) is 0 Å². The molecule has 4 nitrogen and oxygen atoms in total. The summed E-state index contributed by atoms with van der Waals surface area (Å²) < 4.78 is 10.1. The quantitative estimate of drug-likeness (QED) is 0.551. The zero-order valence-corrected chi connectivity index (χ0v) is 15.5. The molecule has 0 aliphatic heterocycles. The van der Waals surface area contributed by atoms with Gasteiger partial charge in [0.05, 0.1) is 0 Å². The van der Waals surface area contributed by atoms with Crippen molar-refractivity contribution in [2.75, 3.05) is 42.3 Å². The van der Waals surface area contributed by atoms with Crippen LogP contribution in [0.1, 0.15) is 0 Å². The fourth-order valence-electron chi connectivity index (χ4n) is 1.36. The Morgan fingerprint density at radius 3 is 1.27 bits per heavy atom. The first-order valence-corrected chi connectivity index (χ1v) is 10.8. The van der Waals surface area contributed by atoms with E-state index in [0.29, 0.717) is 0 Å². The van der Waals surface area contributed by atoms with E-state index in [9.17, 15) is 0 Å². The van der Waals surface area contributed by atoms with Gasteiger partial charge in [0.2, 0.25) is 0 Å². The highest BCUT2D eigenvalue weighted by Gasteiger charge is 2.32. The monoisotopic (exact) mass is 264 g/mol. The third-order valence-corrected chi connectivity index (χ3v) is 15.0. The second kappa shape index (κ2) is 6.28. The zero-order valence-electron chi connectivity index (χ0n) is 11.7. The summed E-state index contributed by atoms with van der Waals surface area (Å²) >= 11 is 0. The van der Waals surface area contributed by atoms with Crippen LogP contribution < -0.4 is 0 Å². The van der Waals surface area contributed by atoms with Gasteiger partial charge in [0, 0.05) is 0 Å². The van der Waals surface area contributed by atoms with Crippen molar-refractivity contribution in [3.63, 3.8) is 0 Å². The highest BCUT2D eigenvalue weighted by Crippen LogP contribution is 2.10. The second-order valence-electron chi connectivity index (χ2n) is 5.37. The molecule has 0 spiro atoms. The van der Waals surface area contributed by atoms with Crippen molar-refractivity contribution in [2.24, 2.45) is 0 Å². The molecule has 0 saturated carbocycles. The third kappa shape index (κ3) is 5.38. The molecule has 0 atom stereocenters. The van der Waals surface area contributed by atoms with Gasteiger partial charge in [0.25, 0.3) is 0 Å². The summed E-state index contributed by atoms with van der Waals surface area (Å²) in [6, 6.07) is 0. The molecule has 15 heavy (non-hydrogen) atoms. The van der Waals surface area contributed by atoms with Crippen molar-refractivity contribution in [1.82, 2.24) is 17.6 Å². The molecule has 0 aliphatic rings. The zero-order chi connectivity index (χ0) is 12.2. The maximum Gasteiger partial charge on any atom is 0.187 e. The van der Waals surface area contributed by atoms with Gasteiger partial charge in [-0.2, -0.15) is 0 Å². The Bertz CT molecular complexity index is 175. The van der Waals surface area contributed by atoms with Crippen LogP contribution in [0.15, 0.2) is 0 Å². The van der Waals surface area contributed by atoms with Crippen LogP contribution >= 0.6 is 0 Å². The van der Waals surface area contributed by atoms with Gasteiger partial charge in [-0.15, -0.1) is 0 Å². The molecule has 0 heterocycles. The Morgan fingerprint density at radius 2 is 1.07 bits per heavy atom. The fourth-order valence-corrected chi connectivity index (χ4v) is 12.2. The lowest BCUT2D eigenvalue weighted by atomic mass is 11.3. The van der Waals surface area contributed by atoms with Gasteiger partial charge >= 0.3 is 0 Å². The van der Waals surface area contributed by atoms with E-state index < -0.39 is 8.40 Å². The first-order valence-electron chi connectivity index (χ1n) is 5.40. The molecule has 0 aromatic heterocycles. The van der Waals surface area contributed by atoms with Crippen molar-refractivity contribution in [1.29, 1.82) is 0 Å². The van der Waals surface area contributed by atoms with E-state index in [0.717, 1.165) is 0 Å². The summed E-state index contributed by atoms with van der Waals surface area (Å²) in [5, 5.41) is 0. The first-order chi connectivity index (χ1) is 6.67. The van der Waals surface area contributed by atoms with Crippen LogP contribution in [0.5, 0.6) is 0 Å². The lowest BCUT2D eigenvalue weighted by Gasteiger charge is -2.43. The Balaban J connectivity index is 4.60. The van der Waals surface area contributed by atoms with Crippen LogP contribution in [0, 0.1) is 0 Å².